The summed E-state index contributed by atoms with van der Waals surface area (Å²) < 4.78 is 10.2. The quantitative estimate of drug-likeness (QED) is 0.442. The normalized spacial score (nSPS) is 10.2. The number of hydrogen-bond acceptors (Lipinski definition) is 5. The van der Waals surface area contributed by atoms with Crippen LogP contribution in [0.25, 0.3) is 0 Å². The van der Waals surface area contributed by atoms with Gasteiger partial charge in [0.15, 0.2) is 11.5 Å². The molecule has 0 unspecified atom stereocenters. The summed E-state index contributed by atoms with van der Waals surface area (Å²) >= 11 is 0. The van der Waals surface area contributed by atoms with E-state index in [0.29, 0.717) is 11.5 Å². The molecular weight excluding hydrogens is 210 g/mol. The molecule has 0 aliphatic heterocycles. The molecule has 0 fully saturated rings. The van der Waals surface area contributed by atoms with Gasteiger partial charge in [0.05, 0.1) is 20.4 Å². The predicted octanol–water partition coefficient (Wildman–Crippen LogP) is 1.60. The van der Waals surface area contributed by atoms with Crippen molar-refractivity contribution in [3.05, 3.63) is 23.8 Å². The first kappa shape index (κ1) is 12.0. The van der Waals surface area contributed by atoms with E-state index in [2.05, 4.69) is 9.99 Å². The Morgan fingerprint density at radius 2 is 1.94 bits per heavy atom. The van der Waals surface area contributed by atoms with E-state index in [-0.39, 0.29) is 0 Å². The largest absolute Gasteiger partial charge is 0.493 e. The SMILES string of the molecule is COc1ccc(/C=N/OC(C)=O)cc1OC. The van der Waals surface area contributed by atoms with Crippen molar-refractivity contribution < 1.29 is 19.1 Å². The molecule has 0 heterocycles. The molecular formula is C11H13NO4. The number of oxime groups is 1. The van der Waals surface area contributed by atoms with Crippen molar-refractivity contribution in [3.63, 3.8) is 0 Å². The summed E-state index contributed by atoms with van der Waals surface area (Å²) in [5, 5.41) is 3.50. The molecule has 0 spiro atoms. The van der Waals surface area contributed by atoms with Crippen LogP contribution in [-0.2, 0) is 9.63 Å². The molecule has 5 nitrogen and oxygen atoms in total. The van der Waals surface area contributed by atoms with Crippen LogP contribution in [0.1, 0.15) is 12.5 Å². The zero-order valence-corrected chi connectivity index (χ0v) is 9.39. The second-order valence-electron chi connectivity index (χ2n) is 2.93. The molecule has 0 bridgehead atoms. The Labute approximate surface area is 93.6 Å². The lowest BCUT2D eigenvalue weighted by Gasteiger charge is -2.07. The summed E-state index contributed by atoms with van der Waals surface area (Å²) in [6, 6.07) is 5.24. The molecule has 1 rings (SSSR count). The Bertz CT molecular complexity index is 401. The molecule has 0 radical (unpaired) electrons. The van der Waals surface area contributed by atoms with E-state index in [1.54, 1.807) is 32.4 Å². The number of ether oxygens (including phenoxy) is 2. The van der Waals surface area contributed by atoms with Gasteiger partial charge in [-0.25, -0.2) is 4.79 Å². The van der Waals surface area contributed by atoms with Gasteiger partial charge in [0.1, 0.15) is 0 Å². The van der Waals surface area contributed by atoms with E-state index in [4.69, 9.17) is 9.47 Å². The van der Waals surface area contributed by atoms with E-state index in [0.717, 1.165) is 5.56 Å². The van der Waals surface area contributed by atoms with Crippen molar-refractivity contribution in [2.75, 3.05) is 14.2 Å². The summed E-state index contributed by atoms with van der Waals surface area (Å²) in [5.74, 6) is 0.762. The van der Waals surface area contributed by atoms with E-state index in [1.165, 1.54) is 13.1 Å². The summed E-state index contributed by atoms with van der Waals surface area (Å²) in [4.78, 5) is 14.9. The van der Waals surface area contributed by atoms with Crippen LogP contribution in [-0.4, -0.2) is 26.4 Å². The van der Waals surface area contributed by atoms with Crippen LogP contribution in [0.15, 0.2) is 23.4 Å². The molecule has 5 heteroatoms. The lowest BCUT2D eigenvalue weighted by atomic mass is 10.2. The van der Waals surface area contributed by atoms with Gasteiger partial charge in [-0.15, -0.1) is 0 Å². The van der Waals surface area contributed by atoms with E-state index < -0.39 is 5.97 Å². The zero-order valence-electron chi connectivity index (χ0n) is 9.39. The van der Waals surface area contributed by atoms with Crippen molar-refractivity contribution in [1.82, 2.24) is 0 Å². The number of methoxy groups -OCH3 is 2. The summed E-state index contributed by atoms with van der Waals surface area (Å²) in [5.41, 5.74) is 0.749. The molecule has 16 heavy (non-hydrogen) atoms. The van der Waals surface area contributed by atoms with Crippen LogP contribution in [0, 0.1) is 0 Å². The highest BCUT2D eigenvalue weighted by molar-refractivity contribution is 5.81. The van der Waals surface area contributed by atoms with Crippen LogP contribution in [0.3, 0.4) is 0 Å². The lowest BCUT2D eigenvalue weighted by Crippen LogP contribution is -1.94. The zero-order chi connectivity index (χ0) is 12.0. The molecule has 0 aliphatic rings. The molecule has 0 amide bonds. The van der Waals surface area contributed by atoms with E-state index in [1.807, 2.05) is 0 Å². The average molecular weight is 223 g/mol. The van der Waals surface area contributed by atoms with Crippen molar-refractivity contribution in [2.24, 2.45) is 5.16 Å². The maximum Gasteiger partial charge on any atom is 0.331 e. The first-order valence-electron chi connectivity index (χ1n) is 4.60. The highest BCUT2D eigenvalue weighted by atomic mass is 16.7. The standard InChI is InChI=1S/C11H13NO4/c1-8(13)16-12-7-9-4-5-10(14-2)11(6-9)15-3/h4-7H,1-3H3/b12-7+. The summed E-state index contributed by atoms with van der Waals surface area (Å²) in [7, 11) is 3.11. The van der Waals surface area contributed by atoms with Gasteiger partial charge in [-0.1, -0.05) is 5.16 Å². The molecule has 0 saturated carbocycles. The van der Waals surface area contributed by atoms with Crippen LogP contribution < -0.4 is 9.47 Å². The Kier molecular flexibility index (Phi) is 4.32. The predicted molar refractivity (Wildman–Crippen MR) is 58.9 cm³/mol. The molecule has 86 valence electrons. The first-order chi connectivity index (χ1) is 7.67. The minimum Gasteiger partial charge on any atom is -0.493 e. The molecule has 0 saturated heterocycles. The smallest absolute Gasteiger partial charge is 0.331 e. The van der Waals surface area contributed by atoms with Gasteiger partial charge in [-0.3, -0.25) is 0 Å². The minimum atomic E-state index is -0.461. The van der Waals surface area contributed by atoms with Crippen molar-refractivity contribution in [2.45, 2.75) is 6.92 Å². The fourth-order valence-electron chi connectivity index (χ4n) is 1.09. The van der Waals surface area contributed by atoms with E-state index >= 15 is 0 Å². The van der Waals surface area contributed by atoms with Gasteiger partial charge in [0.2, 0.25) is 0 Å². The third-order valence-corrected chi connectivity index (χ3v) is 1.79. The number of hydrogen-bond donors (Lipinski definition) is 0. The van der Waals surface area contributed by atoms with Crippen molar-refractivity contribution >= 4 is 12.2 Å². The van der Waals surface area contributed by atoms with Gasteiger partial charge in [-0.2, -0.15) is 0 Å². The topological polar surface area (TPSA) is 57.1 Å². The Balaban J connectivity index is 2.82. The van der Waals surface area contributed by atoms with Gasteiger partial charge in [-0.05, 0) is 18.2 Å². The number of rotatable bonds is 4. The average Bonchev–Trinajstić information content (AvgIpc) is 2.28. The Morgan fingerprint density at radius 1 is 1.25 bits per heavy atom. The number of carbonyl (C=O) groups is 1. The number of nitrogens with zero attached hydrogens (tertiary/aromatic N) is 1. The first-order valence-corrected chi connectivity index (χ1v) is 4.60. The van der Waals surface area contributed by atoms with E-state index in [9.17, 15) is 4.79 Å². The molecule has 0 atom stereocenters. The number of carbonyl (C=O) groups excluding carboxylic acids is 1. The molecule has 1 aromatic carbocycles. The van der Waals surface area contributed by atoms with Gasteiger partial charge >= 0.3 is 5.97 Å². The Hall–Kier alpha value is -2.04. The molecule has 0 aromatic heterocycles. The Morgan fingerprint density at radius 3 is 2.50 bits per heavy atom. The second kappa shape index (κ2) is 5.75. The molecule has 1 aromatic rings. The van der Waals surface area contributed by atoms with Crippen LogP contribution in [0.2, 0.25) is 0 Å². The maximum atomic E-state index is 10.5. The highest BCUT2D eigenvalue weighted by Crippen LogP contribution is 2.26. The third-order valence-electron chi connectivity index (χ3n) is 1.79. The lowest BCUT2D eigenvalue weighted by molar-refractivity contribution is -0.140. The summed E-state index contributed by atoms with van der Waals surface area (Å²) in [6.07, 6.45) is 1.42. The fourth-order valence-corrected chi connectivity index (χ4v) is 1.09. The van der Waals surface area contributed by atoms with Gasteiger partial charge < -0.3 is 14.3 Å². The maximum absolute atomic E-state index is 10.5. The van der Waals surface area contributed by atoms with Crippen LogP contribution in [0.5, 0.6) is 11.5 Å². The van der Waals surface area contributed by atoms with Gasteiger partial charge in [0, 0.05) is 12.5 Å². The van der Waals surface area contributed by atoms with Crippen LogP contribution in [0.4, 0.5) is 0 Å². The summed E-state index contributed by atoms with van der Waals surface area (Å²) in [6.45, 7) is 1.28. The third kappa shape index (κ3) is 3.27. The molecule has 0 aliphatic carbocycles. The minimum absolute atomic E-state index is 0.461. The molecule has 0 N–H and O–H groups in total. The van der Waals surface area contributed by atoms with Crippen molar-refractivity contribution in [3.8, 4) is 11.5 Å². The van der Waals surface area contributed by atoms with Crippen molar-refractivity contribution in [1.29, 1.82) is 0 Å². The highest BCUT2D eigenvalue weighted by Gasteiger charge is 2.02. The second-order valence-corrected chi connectivity index (χ2v) is 2.93. The monoisotopic (exact) mass is 223 g/mol. The number of benzene rings is 1. The van der Waals surface area contributed by atoms with Gasteiger partial charge in [0.25, 0.3) is 0 Å². The van der Waals surface area contributed by atoms with Crippen LogP contribution >= 0.6 is 0 Å². The fraction of sp³-hybridized carbons (Fsp3) is 0.273.